The monoisotopic (exact) mass is 307 g/mol. The van der Waals surface area contributed by atoms with E-state index in [4.69, 9.17) is 16.7 Å². The van der Waals surface area contributed by atoms with Gasteiger partial charge in [0.2, 0.25) is 5.91 Å². The molecule has 0 spiro atoms. The molecule has 1 amide bonds. The number of hydrogen-bond donors (Lipinski definition) is 1. The molecule has 1 aliphatic heterocycles. The lowest BCUT2D eigenvalue weighted by Gasteiger charge is -2.30. The van der Waals surface area contributed by atoms with E-state index in [1.807, 2.05) is 29.2 Å². The first-order valence-corrected chi connectivity index (χ1v) is 7.71. The molecule has 0 radical (unpaired) electrons. The van der Waals surface area contributed by atoms with Crippen molar-refractivity contribution in [2.45, 2.75) is 25.2 Å². The van der Waals surface area contributed by atoms with Gasteiger partial charge in [-0.2, -0.15) is 0 Å². The highest BCUT2D eigenvalue weighted by Gasteiger charge is 2.46. The van der Waals surface area contributed by atoms with Crippen molar-refractivity contribution < 1.29 is 14.7 Å². The first kappa shape index (κ1) is 14.4. The Labute approximate surface area is 128 Å². The van der Waals surface area contributed by atoms with Gasteiger partial charge in [-0.15, -0.1) is 0 Å². The van der Waals surface area contributed by atoms with Gasteiger partial charge in [-0.05, 0) is 42.9 Å². The Bertz CT molecular complexity index is 566. The van der Waals surface area contributed by atoms with Gasteiger partial charge in [0.15, 0.2) is 0 Å². The number of benzene rings is 1. The van der Waals surface area contributed by atoms with Crippen LogP contribution < -0.4 is 0 Å². The van der Waals surface area contributed by atoms with Crippen LogP contribution in [0.1, 0.15) is 30.7 Å². The second-order valence-electron chi connectivity index (χ2n) is 5.94. The topological polar surface area (TPSA) is 57.6 Å². The van der Waals surface area contributed by atoms with Crippen LogP contribution in [0.25, 0.3) is 0 Å². The Balaban J connectivity index is 1.57. The predicted octanol–water partition coefficient (Wildman–Crippen LogP) is 2.77. The van der Waals surface area contributed by atoms with Crippen LogP contribution in [-0.4, -0.2) is 35.0 Å². The molecule has 112 valence electrons. The molecule has 21 heavy (non-hydrogen) atoms. The first-order valence-electron chi connectivity index (χ1n) is 7.33. The summed E-state index contributed by atoms with van der Waals surface area (Å²) < 4.78 is 0. The lowest BCUT2D eigenvalue weighted by Crippen LogP contribution is -2.41. The van der Waals surface area contributed by atoms with Crippen molar-refractivity contribution in [1.82, 2.24) is 4.90 Å². The predicted molar refractivity (Wildman–Crippen MR) is 79.2 cm³/mol. The van der Waals surface area contributed by atoms with Gasteiger partial charge in [0.25, 0.3) is 0 Å². The number of carbonyl (C=O) groups is 2. The van der Waals surface area contributed by atoms with E-state index in [0.717, 1.165) is 12.0 Å². The van der Waals surface area contributed by atoms with Crippen LogP contribution in [0.2, 0.25) is 5.02 Å². The standard InChI is InChI=1S/C16H18ClNO3/c17-12-3-1-2-11(8-12)13-9-14(13)15(19)18-6-4-10(5-7-18)16(20)21/h1-3,8,10,13-14H,4-7,9H2,(H,20,21). The van der Waals surface area contributed by atoms with Crippen molar-refractivity contribution in [3.8, 4) is 0 Å². The Kier molecular flexibility index (Phi) is 3.89. The lowest BCUT2D eigenvalue weighted by molar-refractivity contribution is -0.146. The van der Waals surface area contributed by atoms with Crippen LogP contribution >= 0.6 is 11.6 Å². The molecule has 2 fully saturated rings. The Morgan fingerprint density at radius 1 is 1.24 bits per heavy atom. The fourth-order valence-electron chi connectivity index (χ4n) is 3.15. The van der Waals surface area contributed by atoms with E-state index < -0.39 is 5.97 Å². The molecule has 1 heterocycles. The van der Waals surface area contributed by atoms with Crippen LogP contribution in [0.15, 0.2) is 24.3 Å². The van der Waals surface area contributed by atoms with Crippen LogP contribution in [0.5, 0.6) is 0 Å². The molecule has 2 aliphatic rings. The van der Waals surface area contributed by atoms with Gasteiger partial charge in [-0.1, -0.05) is 23.7 Å². The zero-order valence-electron chi connectivity index (χ0n) is 11.7. The number of carbonyl (C=O) groups excluding carboxylic acids is 1. The van der Waals surface area contributed by atoms with Gasteiger partial charge in [-0.3, -0.25) is 9.59 Å². The summed E-state index contributed by atoms with van der Waals surface area (Å²) in [5.41, 5.74) is 1.13. The number of rotatable bonds is 3. The molecule has 5 heteroatoms. The molecule has 4 nitrogen and oxygen atoms in total. The van der Waals surface area contributed by atoms with Gasteiger partial charge < -0.3 is 10.0 Å². The molecule has 0 aromatic heterocycles. The minimum atomic E-state index is -0.745. The van der Waals surface area contributed by atoms with Gasteiger partial charge in [0, 0.05) is 24.0 Å². The van der Waals surface area contributed by atoms with Gasteiger partial charge in [0.1, 0.15) is 0 Å². The number of nitrogens with zero attached hydrogens (tertiary/aromatic N) is 1. The molecule has 3 rings (SSSR count). The molecule has 1 N–H and O–H groups in total. The van der Waals surface area contributed by atoms with E-state index in [1.165, 1.54) is 0 Å². The number of aliphatic carboxylic acids is 1. The summed E-state index contributed by atoms with van der Waals surface area (Å²) in [6, 6.07) is 7.69. The highest BCUT2D eigenvalue weighted by molar-refractivity contribution is 6.30. The molecule has 1 saturated heterocycles. The number of halogens is 1. The minimum absolute atomic E-state index is 0.0462. The molecule has 1 aliphatic carbocycles. The third-order valence-corrected chi connectivity index (χ3v) is 4.78. The second-order valence-corrected chi connectivity index (χ2v) is 6.38. The third-order valence-electron chi connectivity index (χ3n) is 4.54. The average Bonchev–Trinajstić information content (AvgIpc) is 3.27. The van der Waals surface area contributed by atoms with Crippen molar-refractivity contribution in [2.24, 2.45) is 11.8 Å². The molecular formula is C16H18ClNO3. The van der Waals surface area contributed by atoms with Gasteiger partial charge in [0.05, 0.1) is 5.92 Å². The third kappa shape index (κ3) is 3.05. The summed E-state index contributed by atoms with van der Waals surface area (Å²) in [5.74, 6) is -0.552. The number of carboxylic acids is 1. The summed E-state index contributed by atoms with van der Waals surface area (Å²) in [6.07, 6.45) is 2.00. The van der Waals surface area contributed by atoms with Crippen molar-refractivity contribution >= 4 is 23.5 Å². The largest absolute Gasteiger partial charge is 0.481 e. The fraction of sp³-hybridized carbons (Fsp3) is 0.500. The smallest absolute Gasteiger partial charge is 0.306 e. The average molecular weight is 308 g/mol. The normalized spacial score (nSPS) is 25.7. The number of likely N-dealkylation sites (tertiary alicyclic amines) is 1. The van der Waals surface area contributed by atoms with Gasteiger partial charge in [-0.25, -0.2) is 0 Å². The fourth-order valence-corrected chi connectivity index (χ4v) is 3.35. The summed E-state index contributed by atoms with van der Waals surface area (Å²) in [5, 5.41) is 9.69. The quantitative estimate of drug-likeness (QED) is 0.934. The number of carboxylic acid groups (broad SMARTS) is 1. The van der Waals surface area contributed by atoms with E-state index in [-0.39, 0.29) is 23.7 Å². The molecule has 0 bridgehead atoms. The maximum absolute atomic E-state index is 12.5. The maximum atomic E-state index is 12.5. The van der Waals surface area contributed by atoms with E-state index >= 15 is 0 Å². The van der Waals surface area contributed by atoms with E-state index in [0.29, 0.717) is 31.0 Å². The minimum Gasteiger partial charge on any atom is -0.481 e. The van der Waals surface area contributed by atoms with Crippen LogP contribution in [-0.2, 0) is 9.59 Å². The summed E-state index contributed by atoms with van der Waals surface area (Å²) >= 11 is 5.99. The molecule has 2 atom stereocenters. The van der Waals surface area contributed by atoms with Crippen molar-refractivity contribution in [1.29, 1.82) is 0 Å². The van der Waals surface area contributed by atoms with E-state index in [2.05, 4.69) is 0 Å². The first-order chi connectivity index (χ1) is 10.1. The molecule has 1 aromatic carbocycles. The molecule has 2 unspecified atom stereocenters. The summed E-state index contributed by atoms with van der Waals surface area (Å²) in [7, 11) is 0. The molecule has 1 saturated carbocycles. The van der Waals surface area contributed by atoms with E-state index in [1.54, 1.807) is 0 Å². The summed E-state index contributed by atoms with van der Waals surface area (Å²) in [6.45, 7) is 1.13. The number of hydrogen-bond acceptors (Lipinski definition) is 2. The maximum Gasteiger partial charge on any atom is 0.306 e. The van der Waals surface area contributed by atoms with E-state index in [9.17, 15) is 9.59 Å². The van der Waals surface area contributed by atoms with Gasteiger partial charge >= 0.3 is 5.97 Å². The summed E-state index contributed by atoms with van der Waals surface area (Å²) in [4.78, 5) is 25.2. The van der Waals surface area contributed by atoms with Crippen molar-refractivity contribution in [3.63, 3.8) is 0 Å². The number of piperidine rings is 1. The molecular weight excluding hydrogens is 290 g/mol. The van der Waals surface area contributed by atoms with Crippen LogP contribution in [0.4, 0.5) is 0 Å². The second kappa shape index (κ2) is 5.68. The lowest BCUT2D eigenvalue weighted by atomic mass is 9.96. The zero-order valence-corrected chi connectivity index (χ0v) is 12.4. The Hall–Kier alpha value is -1.55. The van der Waals surface area contributed by atoms with Crippen LogP contribution in [0.3, 0.4) is 0 Å². The van der Waals surface area contributed by atoms with Crippen molar-refractivity contribution in [2.75, 3.05) is 13.1 Å². The SMILES string of the molecule is O=C(O)C1CCN(C(=O)C2CC2c2cccc(Cl)c2)CC1. The highest BCUT2D eigenvalue weighted by Crippen LogP contribution is 2.49. The van der Waals surface area contributed by atoms with Crippen LogP contribution in [0, 0.1) is 11.8 Å². The zero-order chi connectivity index (χ0) is 15.0. The Morgan fingerprint density at radius 2 is 1.95 bits per heavy atom. The van der Waals surface area contributed by atoms with Crippen molar-refractivity contribution in [3.05, 3.63) is 34.9 Å². The highest BCUT2D eigenvalue weighted by atomic mass is 35.5. The molecule has 1 aromatic rings. The number of amides is 1. The Morgan fingerprint density at radius 3 is 2.57 bits per heavy atom.